The lowest BCUT2D eigenvalue weighted by molar-refractivity contribution is -0.149. The number of aryl methyl sites for hydroxylation is 1. The molecule has 21 heavy (non-hydrogen) atoms. The number of likely N-dealkylation sites (tertiary alicyclic amines) is 1. The summed E-state index contributed by atoms with van der Waals surface area (Å²) in [5.41, 5.74) is 1.49. The molecule has 1 amide bonds. The Balaban J connectivity index is 2.08. The molecule has 0 radical (unpaired) electrons. The lowest BCUT2D eigenvalue weighted by Gasteiger charge is -2.31. The number of carbonyl (C=O) groups is 2. The van der Waals surface area contributed by atoms with Gasteiger partial charge in [-0.3, -0.25) is 9.59 Å². The summed E-state index contributed by atoms with van der Waals surface area (Å²) < 4.78 is 5.06. The molecule has 0 aliphatic carbocycles. The van der Waals surface area contributed by atoms with Crippen molar-refractivity contribution in [2.75, 3.05) is 19.7 Å². The van der Waals surface area contributed by atoms with E-state index in [1.807, 2.05) is 6.92 Å². The Kier molecular flexibility index (Phi) is 5.23. The Morgan fingerprint density at radius 2 is 2.19 bits per heavy atom. The fourth-order valence-corrected chi connectivity index (χ4v) is 2.69. The molecule has 1 atom stereocenters. The second-order valence-corrected chi connectivity index (χ2v) is 5.71. The minimum Gasteiger partial charge on any atom is -0.466 e. The standard InChI is InChI=1S/C16H20ClNO3/c1-3-21-16(20)13-5-4-8-18(10-13)15(19)12-6-7-14(17)11(2)9-12/h6-7,9,13H,3-5,8,10H2,1-2H3/t13-/m0/s1. The summed E-state index contributed by atoms with van der Waals surface area (Å²) in [5, 5.41) is 0.648. The van der Waals surface area contributed by atoms with Crippen molar-refractivity contribution in [3.05, 3.63) is 34.3 Å². The van der Waals surface area contributed by atoms with Crippen molar-refractivity contribution < 1.29 is 14.3 Å². The van der Waals surface area contributed by atoms with Crippen LogP contribution in [0.1, 0.15) is 35.7 Å². The SMILES string of the molecule is CCOC(=O)[C@H]1CCCN(C(=O)c2ccc(Cl)c(C)c2)C1. The van der Waals surface area contributed by atoms with Crippen molar-refractivity contribution in [3.63, 3.8) is 0 Å². The van der Waals surface area contributed by atoms with E-state index in [0.29, 0.717) is 30.3 Å². The van der Waals surface area contributed by atoms with Crippen LogP contribution in [-0.2, 0) is 9.53 Å². The zero-order chi connectivity index (χ0) is 15.4. The van der Waals surface area contributed by atoms with Gasteiger partial charge >= 0.3 is 5.97 Å². The van der Waals surface area contributed by atoms with E-state index in [9.17, 15) is 9.59 Å². The second kappa shape index (κ2) is 6.94. The van der Waals surface area contributed by atoms with E-state index in [1.165, 1.54) is 0 Å². The zero-order valence-electron chi connectivity index (χ0n) is 12.4. The van der Waals surface area contributed by atoms with Crippen molar-refractivity contribution in [2.24, 2.45) is 5.92 Å². The van der Waals surface area contributed by atoms with Crippen LogP contribution in [0.4, 0.5) is 0 Å². The van der Waals surface area contributed by atoms with Crippen LogP contribution in [0.25, 0.3) is 0 Å². The molecular formula is C16H20ClNO3. The highest BCUT2D eigenvalue weighted by Crippen LogP contribution is 2.22. The Bertz CT molecular complexity index is 544. The molecule has 1 aliphatic rings. The van der Waals surface area contributed by atoms with Gasteiger partial charge in [-0.1, -0.05) is 11.6 Å². The van der Waals surface area contributed by atoms with Gasteiger partial charge in [0.25, 0.3) is 5.91 Å². The number of amides is 1. The molecule has 1 heterocycles. The van der Waals surface area contributed by atoms with E-state index >= 15 is 0 Å². The normalized spacial score (nSPS) is 18.4. The number of rotatable bonds is 3. The molecule has 1 aromatic rings. The van der Waals surface area contributed by atoms with Crippen LogP contribution in [0.2, 0.25) is 5.02 Å². The number of benzene rings is 1. The Morgan fingerprint density at radius 1 is 1.43 bits per heavy atom. The minimum atomic E-state index is -0.212. The van der Waals surface area contributed by atoms with Crippen LogP contribution >= 0.6 is 11.6 Å². The molecule has 0 saturated carbocycles. The molecule has 114 valence electrons. The molecule has 4 nitrogen and oxygen atoms in total. The van der Waals surface area contributed by atoms with Crippen molar-refractivity contribution in [1.29, 1.82) is 0 Å². The number of ether oxygens (including phenoxy) is 1. The first-order valence-corrected chi connectivity index (χ1v) is 7.62. The van der Waals surface area contributed by atoms with Crippen LogP contribution in [0.5, 0.6) is 0 Å². The quantitative estimate of drug-likeness (QED) is 0.806. The minimum absolute atomic E-state index is 0.0521. The molecule has 1 fully saturated rings. The number of piperidine rings is 1. The molecule has 0 spiro atoms. The Hall–Kier alpha value is -1.55. The molecule has 0 aromatic heterocycles. The number of carbonyl (C=O) groups excluding carboxylic acids is 2. The average Bonchev–Trinajstić information content (AvgIpc) is 2.49. The van der Waals surface area contributed by atoms with Crippen LogP contribution in [-0.4, -0.2) is 36.5 Å². The van der Waals surface area contributed by atoms with Gasteiger partial charge in [-0.15, -0.1) is 0 Å². The number of hydrogen-bond donors (Lipinski definition) is 0. The van der Waals surface area contributed by atoms with Crippen LogP contribution in [0, 0.1) is 12.8 Å². The summed E-state index contributed by atoms with van der Waals surface area (Å²) in [7, 11) is 0. The largest absolute Gasteiger partial charge is 0.466 e. The van der Waals surface area contributed by atoms with Gasteiger partial charge < -0.3 is 9.64 Å². The van der Waals surface area contributed by atoms with Crippen molar-refractivity contribution in [1.82, 2.24) is 4.90 Å². The van der Waals surface area contributed by atoms with E-state index in [4.69, 9.17) is 16.3 Å². The molecule has 0 unspecified atom stereocenters. The predicted molar refractivity (Wildman–Crippen MR) is 81.4 cm³/mol. The monoisotopic (exact) mass is 309 g/mol. The lowest BCUT2D eigenvalue weighted by Crippen LogP contribution is -2.42. The van der Waals surface area contributed by atoms with Crippen molar-refractivity contribution in [2.45, 2.75) is 26.7 Å². The summed E-state index contributed by atoms with van der Waals surface area (Å²) in [6.45, 7) is 5.15. The van der Waals surface area contributed by atoms with E-state index < -0.39 is 0 Å². The lowest BCUT2D eigenvalue weighted by atomic mass is 9.97. The summed E-state index contributed by atoms with van der Waals surface area (Å²) in [6.07, 6.45) is 1.60. The highest BCUT2D eigenvalue weighted by atomic mass is 35.5. The maximum atomic E-state index is 12.5. The fourth-order valence-electron chi connectivity index (χ4n) is 2.57. The molecule has 2 rings (SSSR count). The van der Waals surface area contributed by atoms with Crippen LogP contribution < -0.4 is 0 Å². The highest BCUT2D eigenvalue weighted by Gasteiger charge is 2.29. The molecule has 0 bridgehead atoms. The van der Waals surface area contributed by atoms with Crippen molar-refractivity contribution >= 4 is 23.5 Å². The van der Waals surface area contributed by atoms with Gasteiger partial charge in [0.2, 0.25) is 0 Å². The summed E-state index contributed by atoms with van der Waals surface area (Å²) in [4.78, 5) is 26.1. The molecular weight excluding hydrogens is 290 g/mol. The number of nitrogens with zero attached hydrogens (tertiary/aromatic N) is 1. The topological polar surface area (TPSA) is 46.6 Å². The molecule has 1 aromatic carbocycles. The summed E-state index contributed by atoms with van der Waals surface area (Å²) in [6, 6.07) is 5.25. The molecule has 0 N–H and O–H groups in total. The molecule has 5 heteroatoms. The maximum Gasteiger partial charge on any atom is 0.310 e. The molecule has 1 aliphatic heterocycles. The summed E-state index contributed by atoms with van der Waals surface area (Å²) >= 11 is 5.98. The molecule has 1 saturated heterocycles. The third kappa shape index (κ3) is 3.76. The first kappa shape index (κ1) is 15.8. The van der Waals surface area contributed by atoms with Crippen LogP contribution in [0.15, 0.2) is 18.2 Å². The predicted octanol–water partition coefficient (Wildman–Crippen LogP) is 3.06. The van der Waals surface area contributed by atoms with Gasteiger partial charge in [0.1, 0.15) is 0 Å². The summed E-state index contributed by atoms with van der Waals surface area (Å²) in [5.74, 6) is -0.470. The van der Waals surface area contributed by atoms with Gasteiger partial charge in [-0.25, -0.2) is 0 Å². The van der Waals surface area contributed by atoms with Gasteiger partial charge in [-0.2, -0.15) is 0 Å². The number of halogens is 1. The zero-order valence-corrected chi connectivity index (χ0v) is 13.2. The highest BCUT2D eigenvalue weighted by molar-refractivity contribution is 6.31. The van der Waals surface area contributed by atoms with Gasteiger partial charge in [0, 0.05) is 23.7 Å². The third-order valence-electron chi connectivity index (χ3n) is 3.73. The van der Waals surface area contributed by atoms with Gasteiger partial charge in [0.15, 0.2) is 0 Å². The smallest absolute Gasteiger partial charge is 0.310 e. The fraction of sp³-hybridized carbons (Fsp3) is 0.500. The first-order valence-electron chi connectivity index (χ1n) is 7.25. The third-order valence-corrected chi connectivity index (χ3v) is 4.16. The average molecular weight is 310 g/mol. The number of hydrogen-bond acceptors (Lipinski definition) is 3. The van der Waals surface area contributed by atoms with Gasteiger partial charge in [-0.05, 0) is 50.5 Å². The van der Waals surface area contributed by atoms with E-state index in [-0.39, 0.29) is 17.8 Å². The Morgan fingerprint density at radius 3 is 2.86 bits per heavy atom. The maximum absolute atomic E-state index is 12.5. The van der Waals surface area contributed by atoms with Crippen LogP contribution in [0.3, 0.4) is 0 Å². The van der Waals surface area contributed by atoms with Crippen molar-refractivity contribution in [3.8, 4) is 0 Å². The second-order valence-electron chi connectivity index (χ2n) is 5.31. The first-order chi connectivity index (χ1) is 10.0. The van der Waals surface area contributed by atoms with E-state index in [2.05, 4.69) is 0 Å². The Labute approximate surface area is 130 Å². The van der Waals surface area contributed by atoms with E-state index in [0.717, 1.165) is 18.4 Å². The number of esters is 1. The van der Waals surface area contributed by atoms with Gasteiger partial charge in [0.05, 0.1) is 12.5 Å². The van der Waals surface area contributed by atoms with E-state index in [1.54, 1.807) is 30.0 Å².